The fourth-order valence-corrected chi connectivity index (χ4v) is 2.24. The van der Waals surface area contributed by atoms with Crippen LogP contribution in [-0.4, -0.2) is 30.4 Å². The summed E-state index contributed by atoms with van der Waals surface area (Å²) in [5, 5.41) is 2.37. The molecule has 0 aromatic heterocycles. The van der Waals surface area contributed by atoms with E-state index < -0.39 is 29.6 Å². The lowest BCUT2D eigenvalue weighted by Crippen LogP contribution is -2.50. The van der Waals surface area contributed by atoms with Crippen molar-refractivity contribution >= 4 is 17.7 Å². The third kappa shape index (κ3) is 5.80. The number of carbonyl (C=O) groups is 3. The van der Waals surface area contributed by atoms with E-state index in [4.69, 9.17) is 4.74 Å². The molecular weight excluding hydrogens is 365 g/mol. The Morgan fingerprint density at radius 1 is 1.04 bits per heavy atom. The summed E-state index contributed by atoms with van der Waals surface area (Å²) in [4.78, 5) is 35.7. The Morgan fingerprint density at radius 3 is 2.39 bits per heavy atom. The first-order valence-electron chi connectivity index (χ1n) is 8.63. The first-order valence-corrected chi connectivity index (χ1v) is 8.63. The van der Waals surface area contributed by atoms with Crippen LogP contribution in [0.4, 0.5) is 4.39 Å². The second kappa shape index (κ2) is 9.50. The Kier molecular flexibility index (Phi) is 7.08. The summed E-state index contributed by atoms with van der Waals surface area (Å²) < 4.78 is 18.5. The second-order valence-electron chi connectivity index (χ2n) is 6.19. The summed E-state index contributed by atoms with van der Waals surface area (Å²) in [6.07, 6.45) is -0.838. The van der Waals surface area contributed by atoms with Gasteiger partial charge in [-0.3, -0.25) is 25.2 Å². The smallest absolute Gasteiger partial charge is 0.279 e. The summed E-state index contributed by atoms with van der Waals surface area (Å²) in [5.74, 6) is -1.58. The molecule has 0 heterocycles. The highest BCUT2D eigenvalue weighted by molar-refractivity contribution is 5.96. The largest absolute Gasteiger partial charge is 0.481 e. The molecule has 0 saturated heterocycles. The number of ether oxygens (including phenoxy) is 1. The molecule has 3 N–H and O–H groups in total. The molecule has 8 heteroatoms. The number of aryl methyl sites for hydroxylation is 1. The lowest BCUT2D eigenvalue weighted by Gasteiger charge is -2.17. The minimum Gasteiger partial charge on any atom is -0.481 e. The van der Waals surface area contributed by atoms with Gasteiger partial charge in [-0.15, -0.1) is 0 Å². The van der Waals surface area contributed by atoms with Gasteiger partial charge >= 0.3 is 0 Å². The molecule has 3 amide bonds. The zero-order valence-electron chi connectivity index (χ0n) is 15.8. The van der Waals surface area contributed by atoms with E-state index in [2.05, 4.69) is 16.2 Å². The van der Waals surface area contributed by atoms with Crippen LogP contribution in [0, 0.1) is 19.7 Å². The predicted octanol–water partition coefficient (Wildman–Crippen LogP) is 1.79. The van der Waals surface area contributed by atoms with Gasteiger partial charge in [-0.2, -0.15) is 0 Å². The van der Waals surface area contributed by atoms with Crippen molar-refractivity contribution in [2.24, 2.45) is 0 Å². The van der Waals surface area contributed by atoms with E-state index in [1.165, 1.54) is 12.1 Å². The van der Waals surface area contributed by atoms with E-state index in [0.29, 0.717) is 5.75 Å². The Balaban J connectivity index is 1.76. The van der Waals surface area contributed by atoms with Crippen LogP contribution < -0.4 is 20.9 Å². The van der Waals surface area contributed by atoms with Crippen molar-refractivity contribution in [1.29, 1.82) is 0 Å². The number of benzene rings is 2. The minimum absolute atomic E-state index is 0.216. The molecule has 0 spiro atoms. The number of hydrogen-bond acceptors (Lipinski definition) is 4. The highest BCUT2D eigenvalue weighted by Gasteiger charge is 2.17. The number of rotatable bonds is 6. The van der Waals surface area contributed by atoms with Crippen LogP contribution in [0.25, 0.3) is 0 Å². The maximum atomic E-state index is 12.8. The summed E-state index contributed by atoms with van der Waals surface area (Å²) >= 11 is 0. The van der Waals surface area contributed by atoms with Crippen molar-refractivity contribution in [2.75, 3.05) is 6.54 Å². The number of amides is 3. The molecule has 0 aliphatic carbocycles. The van der Waals surface area contributed by atoms with Crippen molar-refractivity contribution in [3.8, 4) is 5.75 Å². The fraction of sp³-hybridized carbons (Fsp3) is 0.250. The van der Waals surface area contributed by atoms with Crippen molar-refractivity contribution in [3.63, 3.8) is 0 Å². The van der Waals surface area contributed by atoms with Gasteiger partial charge in [0.15, 0.2) is 6.10 Å². The van der Waals surface area contributed by atoms with Crippen molar-refractivity contribution < 1.29 is 23.5 Å². The Bertz CT molecular complexity index is 868. The first-order chi connectivity index (χ1) is 13.3. The fourth-order valence-electron chi connectivity index (χ4n) is 2.24. The predicted molar refractivity (Wildman–Crippen MR) is 101 cm³/mol. The van der Waals surface area contributed by atoms with Crippen LogP contribution in [0.1, 0.15) is 28.4 Å². The van der Waals surface area contributed by atoms with Crippen LogP contribution in [0.3, 0.4) is 0 Å². The molecule has 0 bridgehead atoms. The molecule has 148 valence electrons. The van der Waals surface area contributed by atoms with Gasteiger partial charge in [0.2, 0.25) is 0 Å². The van der Waals surface area contributed by atoms with Gasteiger partial charge in [0.1, 0.15) is 11.6 Å². The van der Waals surface area contributed by atoms with Gasteiger partial charge in [-0.25, -0.2) is 4.39 Å². The number of halogens is 1. The van der Waals surface area contributed by atoms with Crippen LogP contribution in [0.2, 0.25) is 0 Å². The summed E-state index contributed by atoms with van der Waals surface area (Å²) in [6, 6.07) is 10.4. The van der Waals surface area contributed by atoms with Gasteiger partial charge in [0.05, 0.1) is 6.54 Å². The van der Waals surface area contributed by atoms with Crippen LogP contribution >= 0.6 is 0 Å². The normalized spacial score (nSPS) is 11.3. The maximum Gasteiger partial charge on any atom is 0.279 e. The molecule has 0 radical (unpaired) electrons. The molecule has 0 aliphatic heterocycles. The minimum atomic E-state index is -0.838. The van der Waals surface area contributed by atoms with Gasteiger partial charge in [0, 0.05) is 5.56 Å². The van der Waals surface area contributed by atoms with E-state index in [1.807, 2.05) is 26.0 Å². The molecule has 0 fully saturated rings. The molecule has 2 aromatic rings. The van der Waals surface area contributed by atoms with Crippen molar-refractivity contribution in [2.45, 2.75) is 26.9 Å². The van der Waals surface area contributed by atoms with Gasteiger partial charge in [0.25, 0.3) is 17.7 Å². The molecule has 0 saturated carbocycles. The van der Waals surface area contributed by atoms with E-state index in [9.17, 15) is 18.8 Å². The maximum absolute atomic E-state index is 12.8. The third-order valence-electron chi connectivity index (χ3n) is 4.07. The van der Waals surface area contributed by atoms with Crippen molar-refractivity contribution in [1.82, 2.24) is 16.2 Å². The Morgan fingerprint density at radius 2 is 1.71 bits per heavy atom. The lowest BCUT2D eigenvalue weighted by atomic mass is 10.1. The van der Waals surface area contributed by atoms with Crippen LogP contribution in [0.5, 0.6) is 5.75 Å². The molecular formula is C20H22FN3O4. The van der Waals surface area contributed by atoms with Gasteiger partial charge in [-0.05, 0) is 62.2 Å². The molecule has 28 heavy (non-hydrogen) atoms. The molecule has 7 nitrogen and oxygen atoms in total. The van der Waals surface area contributed by atoms with E-state index in [1.54, 1.807) is 13.0 Å². The quantitative estimate of drug-likeness (QED) is 0.659. The summed E-state index contributed by atoms with van der Waals surface area (Å²) in [6.45, 7) is 5.02. The average molecular weight is 387 g/mol. The van der Waals surface area contributed by atoms with Gasteiger partial charge < -0.3 is 10.1 Å². The Labute approximate surface area is 162 Å². The van der Waals surface area contributed by atoms with Crippen molar-refractivity contribution in [3.05, 3.63) is 65.0 Å². The van der Waals surface area contributed by atoms with Crippen LogP contribution in [-0.2, 0) is 9.59 Å². The molecule has 2 aromatic carbocycles. The standard InChI is InChI=1S/C20H22FN3O4/c1-12-5-4-6-17(13(12)2)28-14(3)19(26)24-23-18(25)11-22-20(27)15-7-9-16(21)10-8-15/h4-10,14H,11H2,1-3H3,(H,22,27)(H,23,25)(H,24,26). The van der Waals surface area contributed by atoms with E-state index in [0.717, 1.165) is 23.3 Å². The summed E-state index contributed by atoms with van der Waals surface area (Å²) in [5.41, 5.74) is 6.62. The zero-order chi connectivity index (χ0) is 20.7. The number of hydrogen-bond donors (Lipinski definition) is 3. The molecule has 1 atom stereocenters. The lowest BCUT2D eigenvalue weighted by molar-refractivity contribution is -0.132. The SMILES string of the molecule is Cc1cccc(OC(C)C(=O)NNC(=O)CNC(=O)c2ccc(F)cc2)c1C. The average Bonchev–Trinajstić information content (AvgIpc) is 2.68. The second-order valence-corrected chi connectivity index (χ2v) is 6.19. The molecule has 1 unspecified atom stereocenters. The van der Waals surface area contributed by atoms with E-state index >= 15 is 0 Å². The Hall–Kier alpha value is -3.42. The van der Waals surface area contributed by atoms with Gasteiger partial charge in [-0.1, -0.05) is 12.1 Å². The van der Waals surface area contributed by atoms with Crippen LogP contribution in [0.15, 0.2) is 42.5 Å². The monoisotopic (exact) mass is 387 g/mol. The van der Waals surface area contributed by atoms with E-state index in [-0.39, 0.29) is 12.1 Å². The number of carbonyl (C=O) groups excluding carboxylic acids is 3. The molecule has 0 aliphatic rings. The number of nitrogens with one attached hydrogen (secondary N) is 3. The topological polar surface area (TPSA) is 96.5 Å². The number of hydrazine groups is 1. The molecule has 2 rings (SSSR count). The third-order valence-corrected chi connectivity index (χ3v) is 4.07. The highest BCUT2D eigenvalue weighted by atomic mass is 19.1. The zero-order valence-corrected chi connectivity index (χ0v) is 15.8. The highest BCUT2D eigenvalue weighted by Crippen LogP contribution is 2.21. The first kappa shape index (κ1) is 20.9. The summed E-state index contributed by atoms with van der Waals surface area (Å²) in [7, 11) is 0.